The van der Waals surface area contributed by atoms with E-state index in [1.54, 1.807) is 77.3 Å². The minimum atomic E-state index is -2.50. The highest BCUT2D eigenvalue weighted by atomic mass is 35.5. The van der Waals surface area contributed by atoms with E-state index in [0.29, 0.717) is 52.1 Å². The first-order valence-electron chi connectivity index (χ1n) is 18.4. The predicted molar refractivity (Wildman–Crippen MR) is 208 cm³/mol. The van der Waals surface area contributed by atoms with Gasteiger partial charge >= 0.3 is 24.1 Å². The van der Waals surface area contributed by atoms with Crippen molar-refractivity contribution in [1.82, 2.24) is 14.9 Å². The molecule has 0 saturated carbocycles. The third-order valence-electron chi connectivity index (χ3n) is 9.38. The molecule has 2 unspecified atom stereocenters. The number of rotatable bonds is 11. The Balaban J connectivity index is 1.53. The van der Waals surface area contributed by atoms with Crippen LogP contribution in [0.15, 0.2) is 35.1 Å². The number of ether oxygens (including phenoxy) is 4. The highest BCUT2D eigenvalue weighted by molar-refractivity contribution is 6.78. The van der Waals surface area contributed by atoms with Crippen LogP contribution in [-0.2, 0) is 40.7 Å². The monoisotopic (exact) mass is 782 g/mol. The molecule has 2 N–H and O–H groups in total. The van der Waals surface area contributed by atoms with E-state index in [9.17, 15) is 24.0 Å². The van der Waals surface area contributed by atoms with Gasteiger partial charge in [0.15, 0.2) is 0 Å². The molecule has 2 aliphatic rings. The lowest BCUT2D eigenvalue weighted by molar-refractivity contribution is -0.190. The van der Waals surface area contributed by atoms with Crippen molar-refractivity contribution in [1.29, 1.82) is 0 Å². The minimum Gasteiger partial charge on any atom is -0.458 e. The fourth-order valence-electron chi connectivity index (χ4n) is 6.90. The number of fused-ring (bicyclic) bond motifs is 5. The van der Waals surface area contributed by atoms with Gasteiger partial charge in [-0.15, -0.1) is 11.6 Å². The Morgan fingerprint density at radius 1 is 1.02 bits per heavy atom. The van der Waals surface area contributed by atoms with Gasteiger partial charge in [0, 0.05) is 41.0 Å². The average molecular weight is 783 g/mol. The highest BCUT2D eigenvalue weighted by Gasteiger charge is 2.56. The third kappa shape index (κ3) is 8.75. The first-order chi connectivity index (χ1) is 25.2. The number of benzene rings is 1. The number of esters is 2. The summed E-state index contributed by atoms with van der Waals surface area (Å²) < 4.78 is 24.6. The van der Waals surface area contributed by atoms with E-state index in [4.69, 9.17) is 35.5 Å². The van der Waals surface area contributed by atoms with Crippen LogP contribution in [0.25, 0.3) is 22.3 Å². The number of amides is 2. The zero-order valence-electron chi connectivity index (χ0n) is 32.6. The fourth-order valence-corrected chi connectivity index (χ4v) is 10.1. The largest absolute Gasteiger partial charge is 0.458 e. The fraction of sp³-hybridized carbons (Fsp3) is 0.538. The molecule has 0 radical (unpaired) electrons. The van der Waals surface area contributed by atoms with Gasteiger partial charge in [0.1, 0.15) is 25.0 Å². The lowest BCUT2D eigenvalue weighted by Gasteiger charge is -2.43. The number of pyridine rings is 2. The minimum absolute atomic E-state index is 0.0193. The second-order valence-corrected chi connectivity index (χ2v) is 21.9. The van der Waals surface area contributed by atoms with Crippen LogP contribution in [0.2, 0.25) is 19.1 Å². The molecular weight excluding hydrogens is 732 g/mol. The van der Waals surface area contributed by atoms with Crippen molar-refractivity contribution in [2.45, 2.75) is 122 Å². The van der Waals surface area contributed by atoms with Crippen molar-refractivity contribution in [3.05, 3.63) is 57.4 Å². The number of nitrogens with one attached hydrogen (secondary N) is 2. The average Bonchev–Trinajstić information content (AvgIpc) is 3.41. The molecule has 0 saturated heterocycles. The molecule has 0 spiro atoms. The lowest BCUT2D eigenvalue weighted by Crippen LogP contribution is -2.53. The summed E-state index contributed by atoms with van der Waals surface area (Å²) in [7, 11) is -2.50. The second-order valence-electron chi connectivity index (χ2n) is 16.5. The summed E-state index contributed by atoms with van der Waals surface area (Å²) in [4.78, 5) is 71.9. The maximum Gasteiger partial charge on any atom is 0.412 e. The van der Waals surface area contributed by atoms with Crippen LogP contribution in [-0.4, -0.2) is 65.4 Å². The third-order valence-corrected chi connectivity index (χ3v) is 13.1. The normalized spacial score (nSPS) is 17.9. The van der Waals surface area contributed by atoms with Gasteiger partial charge in [0.05, 0.1) is 29.0 Å². The summed E-state index contributed by atoms with van der Waals surface area (Å²) in [5, 5.41) is 6.13. The van der Waals surface area contributed by atoms with Crippen LogP contribution in [0.3, 0.4) is 0 Å². The summed E-state index contributed by atoms with van der Waals surface area (Å²) in [5.74, 6) is -0.979. The molecule has 0 fully saturated rings. The highest BCUT2D eigenvalue weighted by Crippen LogP contribution is 2.47. The van der Waals surface area contributed by atoms with Gasteiger partial charge in [-0.05, 0) is 91.1 Å². The number of carbonyl (C=O) groups excluding carboxylic acids is 4. The smallest absolute Gasteiger partial charge is 0.412 e. The molecular formula is C39H51ClN4O9Si. The molecule has 2 aliphatic heterocycles. The van der Waals surface area contributed by atoms with Gasteiger partial charge in [0.2, 0.25) is 5.60 Å². The number of carbonyl (C=O) groups is 4. The molecule has 5 rings (SSSR count). The van der Waals surface area contributed by atoms with E-state index < -0.39 is 54.7 Å². The maximum absolute atomic E-state index is 14.7. The first-order valence-corrected chi connectivity index (χ1v) is 22.2. The Kier molecular flexibility index (Phi) is 11.6. The summed E-state index contributed by atoms with van der Waals surface area (Å²) in [6.07, 6.45) is -0.356. The number of alkyl carbamates (subject to hydrolysis) is 1. The van der Waals surface area contributed by atoms with E-state index in [1.165, 1.54) is 0 Å². The van der Waals surface area contributed by atoms with Gasteiger partial charge in [-0.25, -0.2) is 19.4 Å². The van der Waals surface area contributed by atoms with E-state index in [-0.39, 0.29) is 37.9 Å². The summed E-state index contributed by atoms with van der Waals surface area (Å²) >= 11 is 6.09. The lowest BCUT2D eigenvalue weighted by atomic mass is 9.85. The Morgan fingerprint density at radius 3 is 2.35 bits per heavy atom. The summed E-state index contributed by atoms with van der Waals surface area (Å²) in [6.45, 7) is 16.8. The molecule has 2 atom stereocenters. The van der Waals surface area contributed by atoms with Crippen molar-refractivity contribution in [3.8, 4) is 11.4 Å². The van der Waals surface area contributed by atoms with Crippen molar-refractivity contribution >= 4 is 60.4 Å². The predicted octanol–water partition coefficient (Wildman–Crippen LogP) is 7.70. The standard InChI is InChI=1S/C39H51ClN4O9Si/c1-10-39(51-29(45)13-11-17-41-35(48)52-37(2,3)4)26-21-28-31-24(19-23-20-25(14-15-27(23)43-31)42-36(49)53-38(5,6)7)22-44(28)32(46)30(26)33(50-34(39)47)54(8,9)18-12-16-40/h14-15,19-21,33H,10-13,16-18,22H2,1-9H3,(H,41,48)(H,42,49). The van der Waals surface area contributed by atoms with Crippen molar-refractivity contribution in [2.24, 2.45) is 0 Å². The van der Waals surface area contributed by atoms with Gasteiger partial charge in [-0.2, -0.15) is 0 Å². The van der Waals surface area contributed by atoms with Crippen molar-refractivity contribution in [3.63, 3.8) is 0 Å². The van der Waals surface area contributed by atoms with Gasteiger partial charge < -0.3 is 28.8 Å². The molecule has 3 aromatic rings. The van der Waals surface area contributed by atoms with Crippen molar-refractivity contribution in [2.75, 3.05) is 17.7 Å². The molecule has 292 valence electrons. The number of hydrogen-bond donors (Lipinski definition) is 2. The van der Waals surface area contributed by atoms with Crippen LogP contribution < -0.4 is 16.2 Å². The second kappa shape index (κ2) is 15.4. The Labute approximate surface area is 321 Å². The van der Waals surface area contributed by atoms with Crippen LogP contribution in [0.5, 0.6) is 0 Å². The number of hydrogen-bond acceptors (Lipinski definition) is 10. The Morgan fingerprint density at radius 2 is 1.70 bits per heavy atom. The van der Waals surface area contributed by atoms with Crippen LogP contribution in [0.4, 0.5) is 15.3 Å². The van der Waals surface area contributed by atoms with E-state index in [2.05, 4.69) is 23.7 Å². The molecule has 15 heteroatoms. The molecule has 0 aliphatic carbocycles. The molecule has 2 amide bonds. The number of halogens is 1. The summed E-state index contributed by atoms with van der Waals surface area (Å²) in [6, 6.07) is 9.68. The number of cyclic esters (lactones) is 1. The SMILES string of the molecule is CCC1(OC(=O)CCCNC(=O)OC(C)(C)C)C(=O)OC([Si](C)(C)CCCCl)c2c1cc1n(c2=O)Cc2cc3cc(NC(=O)OC(C)(C)C)ccc3nc2-1. The molecule has 0 bridgehead atoms. The van der Waals surface area contributed by atoms with E-state index >= 15 is 0 Å². The van der Waals surface area contributed by atoms with E-state index in [0.717, 1.165) is 10.9 Å². The maximum atomic E-state index is 14.7. The van der Waals surface area contributed by atoms with Gasteiger partial charge in [0.25, 0.3) is 5.56 Å². The zero-order valence-corrected chi connectivity index (χ0v) is 34.3. The topological polar surface area (TPSA) is 164 Å². The molecule has 13 nitrogen and oxygen atoms in total. The zero-order chi connectivity index (χ0) is 39.8. The Hall–Kier alpha value is -4.43. The number of aromatic nitrogens is 2. The van der Waals surface area contributed by atoms with Crippen LogP contribution in [0, 0.1) is 0 Å². The number of alkyl halides is 1. The molecule has 54 heavy (non-hydrogen) atoms. The molecule has 1 aromatic carbocycles. The summed E-state index contributed by atoms with van der Waals surface area (Å²) in [5.41, 5.74) is -0.744. The van der Waals surface area contributed by atoms with Gasteiger partial charge in [-0.3, -0.25) is 14.9 Å². The quantitative estimate of drug-likeness (QED) is 0.0507. The van der Waals surface area contributed by atoms with Crippen LogP contribution >= 0.6 is 11.6 Å². The Bertz CT molecular complexity index is 2040. The van der Waals surface area contributed by atoms with E-state index in [1.807, 2.05) is 6.07 Å². The molecule has 4 heterocycles. The first kappa shape index (κ1) is 40.7. The number of anilines is 1. The molecule has 2 aromatic heterocycles. The van der Waals surface area contributed by atoms with Gasteiger partial charge in [-0.1, -0.05) is 26.1 Å². The number of nitrogens with zero attached hydrogens (tertiary/aromatic N) is 2. The van der Waals surface area contributed by atoms with Crippen LogP contribution in [0.1, 0.15) is 96.6 Å². The van der Waals surface area contributed by atoms with Crippen molar-refractivity contribution < 1.29 is 38.1 Å².